The summed E-state index contributed by atoms with van der Waals surface area (Å²) in [6.45, 7) is 2.54. The van der Waals surface area contributed by atoms with Gasteiger partial charge < -0.3 is 9.47 Å². The van der Waals surface area contributed by atoms with E-state index in [4.69, 9.17) is 21.1 Å². The van der Waals surface area contributed by atoms with Crippen LogP contribution in [0.25, 0.3) is 0 Å². The van der Waals surface area contributed by atoms with Gasteiger partial charge >= 0.3 is 5.97 Å². The van der Waals surface area contributed by atoms with Crippen LogP contribution in [-0.4, -0.2) is 19.2 Å². The molecule has 5 heteroatoms. The molecule has 0 heterocycles. The normalized spacial score (nSPS) is 14.3. The Morgan fingerprint density at radius 2 is 2.21 bits per heavy atom. The van der Waals surface area contributed by atoms with Gasteiger partial charge in [-0.3, -0.25) is 4.79 Å². The van der Waals surface area contributed by atoms with Gasteiger partial charge in [-0.1, -0.05) is 11.6 Å². The molecule has 1 aromatic rings. The summed E-state index contributed by atoms with van der Waals surface area (Å²) < 4.78 is 11.7. The summed E-state index contributed by atoms with van der Waals surface area (Å²) in [6, 6.07) is 3.89. The number of benzene rings is 1. The van der Waals surface area contributed by atoms with Crippen LogP contribution in [0.4, 0.5) is 0 Å². The quantitative estimate of drug-likeness (QED) is 0.543. The van der Waals surface area contributed by atoms with Gasteiger partial charge in [0.2, 0.25) is 0 Å². The van der Waals surface area contributed by atoms with E-state index >= 15 is 0 Å². The lowest BCUT2D eigenvalue weighted by atomic mass is 10.1. The highest BCUT2D eigenvalue weighted by molar-refractivity contribution is 14.1. The molecule has 1 aliphatic carbocycles. The Labute approximate surface area is 131 Å². The first-order valence-electron chi connectivity index (χ1n) is 6.30. The van der Waals surface area contributed by atoms with Gasteiger partial charge in [0.25, 0.3) is 0 Å². The van der Waals surface area contributed by atoms with E-state index in [-0.39, 0.29) is 5.97 Å². The molecule has 0 saturated heterocycles. The first-order chi connectivity index (χ1) is 9.06. The Bertz CT molecular complexity index is 472. The van der Waals surface area contributed by atoms with Crippen molar-refractivity contribution in [3.05, 3.63) is 26.3 Å². The van der Waals surface area contributed by atoms with E-state index in [0.29, 0.717) is 24.0 Å². The van der Waals surface area contributed by atoms with E-state index in [1.165, 1.54) is 19.8 Å². The minimum absolute atomic E-state index is 0.262. The summed E-state index contributed by atoms with van der Waals surface area (Å²) in [5.74, 6) is 1.28. The Kier molecular flexibility index (Phi) is 5.33. The summed E-state index contributed by atoms with van der Waals surface area (Å²) in [4.78, 5) is 10.7. The second-order valence-corrected chi connectivity index (χ2v) is 6.22. The third-order valence-electron chi connectivity index (χ3n) is 2.92. The Balaban J connectivity index is 1.99. The zero-order chi connectivity index (χ0) is 13.8. The van der Waals surface area contributed by atoms with E-state index in [1.54, 1.807) is 0 Å². The lowest BCUT2D eigenvalue weighted by Crippen LogP contribution is -2.05. The largest absolute Gasteiger partial charge is 0.492 e. The van der Waals surface area contributed by atoms with Crippen LogP contribution in [0.15, 0.2) is 12.1 Å². The molecule has 0 aromatic heterocycles. The lowest BCUT2D eigenvalue weighted by molar-refractivity contribution is -0.140. The van der Waals surface area contributed by atoms with Gasteiger partial charge in [-0.05, 0) is 59.0 Å². The zero-order valence-electron chi connectivity index (χ0n) is 10.7. The third kappa shape index (κ3) is 4.84. The standard InChI is InChI=1S/C14H16ClIO3/c1-9(17)18-5-4-11-6-12(15)14(16)13(7-11)19-8-10-2-3-10/h6-7,10H,2-5,8H2,1H3. The Morgan fingerprint density at radius 1 is 1.47 bits per heavy atom. The van der Waals surface area contributed by atoms with Crippen molar-refractivity contribution < 1.29 is 14.3 Å². The maximum atomic E-state index is 10.7. The smallest absolute Gasteiger partial charge is 0.302 e. The fraction of sp³-hybridized carbons (Fsp3) is 0.500. The molecule has 1 aliphatic rings. The molecule has 1 fully saturated rings. The molecule has 2 rings (SSSR count). The number of rotatable bonds is 6. The monoisotopic (exact) mass is 394 g/mol. The summed E-state index contributed by atoms with van der Waals surface area (Å²) in [5, 5.41) is 0.687. The maximum Gasteiger partial charge on any atom is 0.302 e. The number of hydrogen-bond donors (Lipinski definition) is 0. The van der Waals surface area contributed by atoms with Crippen molar-refractivity contribution in [1.82, 2.24) is 0 Å². The van der Waals surface area contributed by atoms with Crippen molar-refractivity contribution in [3.63, 3.8) is 0 Å². The number of esters is 1. The van der Waals surface area contributed by atoms with Crippen molar-refractivity contribution in [2.75, 3.05) is 13.2 Å². The average molecular weight is 395 g/mol. The second-order valence-electron chi connectivity index (χ2n) is 4.73. The minimum Gasteiger partial charge on any atom is -0.492 e. The van der Waals surface area contributed by atoms with Crippen molar-refractivity contribution >= 4 is 40.2 Å². The van der Waals surface area contributed by atoms with Gasteiger partial charge in [-0.2, -0.15) is 0 Å². The van der Waals surface area contributed by atoms with Crippen LogP contribution < -0.4 is 4.74 Å². The summed E-state index contributed by atoms with van der Waals surface area (Å²) in [7, 11) is 0. The van der Waals surface area contributed by atoms with Crippen molar-refractivity contribution in [2.45, 2.75) is 26.2 Å². The van der Waals surface area contributed by atoms with Crippen molar-refractivity contribution in [3.8, 4) is 5.75 Å². The van der Waals surface area contributed by atoms with Gasteiger partial charge in [0.05, 0.1) is 21.8 Å². The molecule has 0 spiro atoms. The first-order valence-corrected chi connectivity index (χ1v) is 7.76. The van der Waals surface area contributed by atoms with Crippen LogP contribution in [0.5, 0.6) is 5.75 Å². The van der Waals surface area contributed by atoms with E-state index in [1.807, 2.05) is 12.1 Å². The van der Waals surface area contributed by atoms with Crippen LogP contribution in [0.1, 0.15) is 25.3 Å². The molecular weight excluding hydrogens is 379 g/mol. The van der Waals surface area contributed by atoms with E-state index < -0.39 is 0 Å². The molecule has 0 unspecified atom stereocenters. The number of ether oxygens (including phenoxy) is 2. The SMILES string of the molecule is CC(=O)OCCc1cc(Cl)c(I)c(OCC2CC2)c1. The molecule has 0 N–H and O–H groups in total. The van der Waals surface area contributed by atoms with Crippen molar-refractivity contribution in [1.29, 1.82) is 0 Å². The molecule has 1 aromatic carbocycles. The second kappa shape index (κ2) is 6.79. The maximum absolute atomic E-state index is 10.7. The first kappa shape index (κ1) is 14.9. The zero-order valence-corrected chi connectivity index (χ0v) is 13.7. The van der Waals surface area contributed by atoms with Crippen molar-refractivity contribution in [2.24, 2.45) is 5.92 Å². The van der Waals surface area contributed by atoms with Gasteiger partial charge in [-0.25, -0.2) is 0 Å². The molecule has 0 amide bonds. The van der Waals surface area contributed by atoms with E-state index in [0.717, 1.165) is 21.5 Å². The molecule has 0 radical (unpaired) electrons. The molecule has 104 valence electrons. The van der Waals surface area contributed by atoms with Crippen LogP contribution in [0, 0.1) is 9.49 Å². The summed E-state index contributed by atoms with van der Waals surface area (Å²) in [6.07, 6.45) is 3.17. The van der Waals surface area contributed by atoms with Gasteiger partial charge in [0.1, 0.15) is 5.75 Å². The number of hydrogen-bond acceptors (Lipinski definition) is 3. The van der Waals surface area contributed by atoms with Gasteiger partial charge in [0, 0.05) is 13.3 Å². The predicted octanol–water partition coefficient (Wildman–Crippen LogP) is 3.84. The van der Waals surface area contributed by atoms with Crippen LogP contribution in [0.2, 0.25) is 5.02 Å². The molecule has 0 atom stereocenters. The van der Waals surface area contributed by atoms with Crippen LogP contribution >= 0.6 is 34.2 Å². The molecule has 0 aliphatic heterocycles. The molecular formula is C14H16ClIO3. The minimum atomic E-state index is -0.262. The number of halogens is 2. The fourth-order valence-electron chi connectivity index (χ4n) is 1.67. The molecule has 19 heavy (non-hydrogen) atoms. The Hall–Kier alpha value is -0.490. The number of carbonyl (C=O) groups excluding carboxylic acids is 1. The van der Waals surface area contributed by atoms with E-state index in [2.05, 4.69) is 22.6 Å². The van der Waals surface area contributed by atoms with E-state index in [9.17, 15) is 4.79 Å². The fourth-order valence-corrected chi connectivity index (χ4v) is 2.37. The topological polar surface area (TPSA) is 35.5 Å². The summed E-state index contributed by atoms with van der Waals surface area (Å²) in [5.41, 5.74) is 1.03. The lowest BCUT2D eigenvalue weighted by Gasteiger charge is -2.11. The van der Waals surface area contributed by atoms with Gasteiger partial charge in [0.15, 0.2) is 0 Å². The molecule has 0 bridgehead atoms. The summed E-state index contributed by atoms with van der Waals surface area (Å²) >= 11 is 8.39. The Morgan fingerprint density at radius 3 is 2.84 bits per heavy atom. The average Bonchev–Trinajstić information content (AvgIpc) is 3.15. The highest BCUT2D eigenvalue weighted by Crippen LogP contribution is 2.33. The van der Waals surface area contributed by atoms with Crippen LogP contribution in [0.3, 0.4) is 0 Å². The third-order valence-corrected chi connectivity index (χ3v) is 4.65. The highest BCUT2D eigenvalue weighted by atomic mass is 127. The highest BCUT2D eigenvalue weighted by Gasteiger charge is 2.22. The van der Waals surface area contributed by atoms with Crippen LogP contribution in [-0.2, 0) is 16.0 Å². The number of carbonyl (C=O) groups is 1. The molecule has 3 nitrogen and oxygen atoms in total. The molecule has 1 saturated carbocycles. The van der Waals surface area contributed by atoms with Gasteiger partial charge in [-0.15, -0.1) is 0 Å². The predicted molar refractivity (Wildman–Crippen MR) is 82.7 cm³/mol.